The van der Waals surface area contributed by atoms with Crippen LogP contribution in [0.15, 0.2) is 18.2 Å². The quantitative estimate of drug-likeness (QED) is 0.701. The average molecular weight is 397 g/mol. The highest BCUT2D eigenvalue weighted by molar-refractivity contribution is 7.91. The van der Waals surface area contributed by atoms with E-state index in [1.54, 1.807) is 6.07 Å². The van der Waals surface area contributed by atoms with Gasteiger partial charge in [-0.25, -0.2) is 13.2 Å². The van der Waals surface area contributed by atoms with Crippen molar-refractivity contribution in [3.05, 3.63) is 23.8 Å². The van der Waals surface area contributed by atoms with E-state index < -0.39 is 34.4 Å². The van der Waals surface area contributed by atoms with E-state index in [1.165, 1.54) is 0 Å². The van der Waals surface area contributed by atoms with Gasteiger partial charge in [-0.15, -0.1) is 0 Å². The van der Waals surface area contributed by atoms with Crippen molar-refractivity contribution in [1.29, 1.82) is 0 Å². The Morgan fingerprint density at radius 2 is 2.07 bits per heavy atom. The van der Waals surface area contributed by atoms with E-state index in [2.05, 4.69) is 5.32 Å². The van der Waals surface area contributed by atoms with Gasteiger partial charge >= 0.3 is 5.97 Å². The summed E-state index contributed by atoms with van der Waals surface area (Å²) >= 11 is 0. The molecule has 3 rings (SSSR count). The van der Waals surface area contributed by atoms with Crippen LogP contribution in [-0.4, -0.2) is 56.7 Å². The number of rotatable bonds is 6. The van der Waals surface area contributed by atoms with Gasteiger partial charge in [0.05, 0.1) is 11.5 Å². The van der Waals surface area contributed by atoms with Crippen molar-refractivity contribution >= 4 is 21.7 Å². The maximum absolute atomic E-state index is 11.8. The number of esters is 1. The average Bonchev–Trinajstić information content (AvgIpc) is 3.07. The molecule has 1 saturated heterocycles. The Balaban J connectivity index is 1.43. The zero-order valence-corrected chi connectivity index (χ0v) is 16.1. The third-order valence-electron chi connectivity index (χ3n) is 4.36. The Kier molecular flexibility index (Phi) is 5.32. The maximum Gasteiger partial charge on any atom is 0.344 e. The minimum absolute atomic E-state index is 0.0614. The zero-order chi connectivity index (χ0) is 19.7. The van der Waals surface area contributed by atoms with Gasteiger partial charge < -0.3 is 19.5 Å². The summed E-state index contributed by atoms with van der Waals surface area (Å²) in [5, 5.41) is 2.55. The lowest BCUT2D eigenvalue weighted by molar-refractivity contribution is -0.150. The number of hydrogen-bond acceptors (Lipinski definition) is 7. The van der Waals surface area contributed by atoms with Crippen LogP contribution >= 0.6 is 0 Å². The first-order chi connectivity index (χ1) is 12.6. The molecule has 1 amide bonds. The molecule has 27 heavy (non-hydrogen) atoms. The van der Waals surface area contributed by atoms with Gasteiger partial charge in [-0.2, -0.15) is 0 Å². The lowest BCUT2D eigenvalue weighted by atomic mass is 10.0. The number of sulfone groups is 1. The van der Waals surface area contributed by atoms with Gasteiger partial charge in [0, 0.05) is 18.0 Å². The molecule has 0 radical (unpaired) electrons. The summed E-state index contributed by atoms with van der Waals surface area (Å²) in [5.74, 6) is -0.168. The van der Waals surface area contributed by atoms with Crippen molar-refractivity contribution in [2.24, 2.45) is 0 Å². The summed E-state index contributed by atoms with van der Waals surface area (Å²) in [7, 11) is -3.08. The van der Waals surface area contributed by atoms with Crippen LogP contribution in [0.1, 0.15) is 25.8 Å². The Hall–Kier alpha value is -2.29. The van der Waals surface area contributed by atoms with Crippen LogP contribution in [-0.2, 0) is 30.6 Å². The van der Waals surface area contributed by atoms with Crippen LogP contribution in [0.2, 0.25) is 0 Å². The fraction of sp³-hybridized carbons (Fsp3) is 0.556. The Labute approximate surface area is 158 Å². The third-order valence-corrected chi connectivity index (χ3v) is 6.13. The summed E-state index contributed by atoms with van der Waals surface area (Å²) < 4.78 is 39.0. The van der Waals surface area contributed by atoms with E-state index in [0.29, 0.717) is 17.9 Å². The summed E-state index contributed by atoms with van der Waals surface area (Å²) in [6.07, 6.45) is 1.13. The summed E-state index contributed by atoms with van der Waals surface area (Å²) in [5.41, 5.74) is 0.686. The molecule has 1 aromatic carbocycles. The van der Waals surface area contributed by atoms with Gasteiger partial charge in [0.25, 0.3) is 5.91 Å². The SMILES string of the molecule is CC1(C)Cc2cccc(OCC(=O)OCC(=O)N[C@H]3CCS(=O)(=O)C3)c2O1. The van der Waals surface area contributed by atoms with Crippen LogP contribution in [0.25, 0.3) is 0 Å². The number of carbonyl (C=O) groups is 2. The van der Waals surface area contributed by atoms with E-state index in [4.69, 9.17) is 14.2 Å². The number of nitrogens with one attached hydrogen (secondary N) is 1. The van der Waals surface area contributed by atoms with Crippen molar-refractivity contribution < 1.29 is 32.2 Å². The Bertz CT molecular complexity index is 847. The molecule has 1 N–H and O–H groups in total. The first-order valence-electron chi connectivity index (χ1n) is 8.73. The normalized spacial score (nSPS) is 21.8. The third kappa shape index (κ3) is 5.12. The minimum atomic E-state index is -3.08. The smallest absolute Gasteiger partial charge is 0.344 e. The highest BCUT2D eigenvalue weighted by Gasteiger charge is 2.32. The molecule has 0 saturated carbocycles. The molecular weight excluding hydrogens is 374 g/mol. The molecule has 0 aliphatic carbocycles. The number of ether oxygens (including phenoxy) is 3. The van der Waals surface area contributed by atoms with Gasteiger partial charge in [0.15, 0.2) is 34.6 Å². The standard InChI is InChI=1S/C18H23NO7S/c1-18(2)8-12-4-3-5-14(17(12)26-18)24-10-16(21)25-9-15(20)19-13-6-7-27(22,23)11-13/h3-5,13H,6-11H2,1-2H3,(H,19,20)/t13-/m0/s1. The Morgan fingerprint density at radius 3 is 2.78 bits per heavy atom. The second-order valence-corrected chi connectivity index (χ2v) is 9.63. The number of benzene rings is 1. The van der Waals surface area contributed by atoms with Gasteiger partial charge in [0.1, 0.15) is 5.60 Å². The fourth-order valence-electron chi connectivity index (χ4n) is 3.20. The van der Waals surface area contributed by atoms with Crippen LogP contribution in [0.5, 0.6) is 11.5 Å². The Morgan fingerprint density at radius 1 is 1.30 bits per heavy atom. The number of amides is 1. The number of fused-ring (bicyclic) bond motifs is 1. The largest absolute Gasteiger partial charge is 0.483 e. The van der Waals surface area contributed by atoms with Gasteiger partial charge in [-0.3, -0.25) is 4.79 Å². The van der Waals surface area contributed by atoms with E-state index >= 15 is 0 Å². The van der Waals surface area contributed by atoms with Gasteiger partial charge in [-0.1, -0.05) is 12.1 Å². The first-order valence-corrected chi connectivity index (χ1v) is 10.5. The van der Waals surface area contributed by atoms with E-state index in [0.717, 1.165) is 12.0 Å². The van der Waals surface area contributed by atoms with Crippen LogP contribution < -0.4 is 14.8 Å². The van der Waals surface area contributed by atoms with Crippen molar-refractivity contribution in [2.75, 3.05) is 24.7 Å². The molecule has 8 nitrogen and oxygen atoms in total. The molecular formula is C18H23NO7S. The van der Waals surface area contributed by atoms with Crippen LogP contribution in [0.3, 0.4) is 0 Å². The molecule has 0 aromatic heterocycles. The van der Waals surface area contributed by atoms with Crippen molar-refractivity contribution in [3.63, 3.8) is 0 Å². The predicted octanol–water partition coefficient (Wildman–Crippen LogP) is 0.625. The van der Waals surface area contributed by atoms with E-state index in [1.807, 2.05) is 26.0 Å². The van der Waals surface area contributed by atoms with Crippen LogP contribution in [0, 0.1) is 0 Å². The second kappa shape index (κ2) is 7.38. The van der Waals surface area contributed by atoms with Crippen molar-refractivity contribution in [3.8, 4) is 11.5 Å². The topological polar surface area (TPSA) is 108 Å². The molecule has 2 aliphatic heterocycles. The minimum Gasteiger partial charge on any atom is -0.483 e. The molecule has 1 aromatic rings. The lowest BCUT2D eigenvalue weighted by Crippen LogP contribution is -2.38. The number of hydrogen-bond donors (Lipinski definition) is 1. The van der Waals surface area contributed by atoms with E-state index in [9.17, 15) is 18.0 Å². The molecule has 2 heterocycles. The lowest BCUT2D eigenvalue weighted by Gasteiger charge is -2.18. The summed E-state index contributed by atoms with van der Waals surface area (Å²) in [6, 6.07) is 5.06. The molecule has 0 spiro atoms. The molecule has 0 bridgehead atoms. The van der Waals surface area contributed by atoms with Crippen molar-refractivity contribution in [2.45, 2.75) is 38.3 Å². The van der Waals surface area contributed by atoms with Crippen molar-refractivity contribution in [1.82, 2.24) is 5.32 Å². The van der Waals surface area contributed by atoms with Gasteiger partial charge in [0.2, 0.25) is 0 Å². The first kappa shape index (κ1) is 19.5. The van der Waals surface area contributed by atoms with E-state index in [-0.39, 0.29) is 23.7 Å². The number of para-hydroxylation sites is 1. The highest BCUT2D eigenvalue weighted by Crippen LogP contribution is 2.41. The summed E-state index contributed by atoms with van der Waals surface area (Å²) in [4.78, 5) is 23.6. The molecule has 2 aliphatic rings. The summed E-state index contributed by atoms with van der Waals surface area (Å²) in [6.45, 7) is 3.11. The molecule has 1 fully saturated rings. The number of carbonyl (C=O) groups excluding carboxylic acids is 2. The molecule has 9 heteroatoms. The second-order valence-electron chi connectivity index (χ2n) is 7.40. The molecule has 148 valence electrons. The maximum atomic E-state index is 11.8. The fourth-order valence-corrected chi connectivity index (χ4v) is 4.88. The monoisotopic (exact) mass is 397 g/mol. The van der Waals surface area contributed by atoms with Crippen LogP contribution in [0.4, 0.5) is 0 Å². The highest BCUT2D eigenvalue weighted by atomic mass is 32.2. The molecule has 1 atom stereocenters. The predicted molar refractivity (Wildman–Crippen MR) is 96.5 cm³/mol. The molecule has 0 unspecified atom stereocenters. The zero-order valence-electron chi connectivity index (χ0n) is 15.3. The van der Waals surface area contributed by atoms with Gasteiger partial charge in [-0.05, 0) is 26.3 Å².